The predicted octanol–water partition coefficient (Wildman–Crippen LogP) is 2.79. The van der Waals surface area contributed by atoms with E-state index in [2.05, 4.69) is 15.3 Å². The molecule has 1 atom stereocenters. The summed E-state index contributed by atoms with van der Waals surface area (Å²) < 4.78 is 0. The molecule has 0 bridgehead atoms. The topological polar surface area (TPSA) is 101 Å². The second-order valence-corrected chi connectivity index (χ2v) is 5.70. The number of aliphatic hydroxyl groups excluding tert-OH is 1. The van der Waals surface area contributed by atoms with Crippen LogP contribution in [0.5, 0.6) is 0 Å². The van der Waals surface area contributed by atoms with E-state index in [9.17, 15) is 15.2 Å². The van der Waals surface area contributed by atoms with Crippen LogP contribution in [0.15, 0.2) is 30.3 Å². The van der Waals surface area contributed by atoms with E-state index in [1.165, 1.54) is 12.1 Å². The summed E-state index contributed by atoms with van der Waals surface area (Å²) in [5, 5.41) is 23.5. The lowest BCUT2D eigenvalue weighted by atomic mass is 10.1. The number of hydrogen-bond acceptors (Lipinski definition) is 6. The van der Waals surface area contributed by atoms with E-state index >= 15 is 0 Å². The van der Waals surface area contributed by atoms with E-state index in [1.54, 1.807) is 18.2 Å². The van der Waals surface area contributed by atoms with Crippen LogP contribution >= 0.6 is 0 Å². The Bertz CT molecular complexity index is 703. The lowest BCUT2D eigenvalue weighted by molar-refractivity contribution is -0.384. The molecule has 0 saturated heterocycles. The maximum Gasteiger partial charge on any atom is 0.270 e. The first-order valence-corrected chi connectivity index (χ1v) is 7.38. The number of aromatic nitrogens is 2. The van der Waals surface area contributed by atoms with Crippen LogP contribution in [0, 0.1) is 23.0 Å². The van der Waals surface area contributed by atoms with Crippen molar-refractivity contribution in [2.45, 2.75) is 26.8 Å². The zero-order valence-electron chi connectivity index (χ0n) is 13.4. The van der Waals surface area contributed by atoms with Crippen molar-refractivity contribution in [3.05, 3.63) is 46.1 Å². The Labute approximate surface area is 134 Å². The third-order valence-corrected chi connectivity index (χ3v) is 3.50. The van der Waals surface area contributed by atoms with Crippen molar-refractivity contribution in [3.63, 3.8) is 0 Å². The third-order valence-electron chi connectivity index (χ3n) is 3.50. The average Bonchev–Trinajstić information content (AvgIpc) is 2.52. The van der Waals surface area contributed by atoms with Crippen molar-refractivity contribution < 1.29 is 10.0 Å². The third kappa shape index (κ3) is 4.23. The molecule has 2 rings (SSSR count). The Balaban J connectivity index is 2.37. The number of non-ortho nitro benzene ring substituents is 1. The highest BCUT2D eigenvalue weighted by Crippen LogP contribution is 2.23. The molecule has 23 heavy (non-hydrogen) atoms. The molecule has 0 spiro atoms. The zero-order chi connectivity index (χ0) is 17.0. The summed E-state index contributed by atoms with van der Waals surface area (Å²) in [5.41, 5.74) is 1.32. The standard InChI is InChI=1S/C16H20N4O3/c1-10(2)14(9-21)18-15-7-11(3)17-16(19-15)12-5-4-6-13(8-12)20(22)23/h4-8,10,14,21H,9H2,1-3H3,(H,17,18,19)/t14-/m0/s1. The summed E-state index contributed by atoms with van der Waals surface area (Å²) in [6.45, 7) is 5.83. The van der Waals surface area contributed by atoms with Gasteiger partial charge in [0.1, 0.15) is 5.82 Å². The van der Waals surface area contributed by atoms with Gasteiger partial charge >= 0.3 is 0 Å². The van der Waals surface area contributed by atoms with E-state index in [0.29, 0.717) is 17.2 Å². The van der Waals surface area contributed by atoms with Crippen molar-refractivity contribution in [1.82, 2.24) is 9.97 Å². The molecule has 0 radical (unpaired) electrons. The fraction of sp³-hybridized carbons (Fsp3) is 0.375. The summed E-state index contributed by atoms with van der Waals surface area (Å²) in [6.07, 6.45) is 0. The highest BCUT2D eigenvalue weighted by Gasteiger charge is 2.15. The number of aryl methyl sites for hydroxylation is 1. The molecule has 0 saturated carbocycles. The molecule has 0 amide bonds. The second kappa shape index (κ2) is 7.15. The first-order valence-electron chi connectivity index (χ1n) is 7.38. The van der Waals surface area contributed by atoms with Gasteiger partial charge in [-0.05, 0) is 12.8 Å². The Morgan fingerprint density at radius 3 is 2.65 bits per heavy atom. The molecule has 0 aliphatic carbocycles. The number of nitro groups is 1. The van der Waals surface area contributed by atoms with E-state index in [0.717, 1.165) is 5.69 Å². The van der Waals surface area contributed by atoms with E-state index in [4.69, 9.17) is 0 Å². The van der Waals surface area contributed by atoms with E-state index in [-0.39, 0.29) is 24.3 Å². The van der Waals surface area contributed by atoms with Crippen LogP contribution in [-0.4, -0.2) is 32.6 Å². The van der Waals surface area contributed by atoms with Gasteiger partial charge < -0.3 is 10.4 Å². The molecule has 7 nitrogen and oxygen atoms in total. The molecule has 2 N–H and O–H groups in total. The number of rotatable bonds is 6. The number of anilines is 1. The van der Waals surface area contributed by atoms with Gasteiger partial charge in [0.25, 0.3) is 5.69 Å². The minimum absolute atomic E-state index is 0.00229. The van der Waals surface area contributed by atoms with Gasteiger partial charge in [-0.2, -0.15) is 0 Å². The maximum absolute atomic E-state index is 10.9. The van der Waals surface area contributed by atoms with E-state index < -0.39 is 4.92 Å². The zero-order valence-corrected chi connectivity index (χ0v) is 13.4. The molecule has 0 aliphatic heterocycles. The number of nitrogens with zero attached hydrogens (tertiary/aromatic N) is 3. The molecule has 0 unspecified atom stereocenters. The Hall–Kier alpha value is -2.54. The van der Waals surface area contributed by atoms with Gasteiger partial charge in [-0.15, -0.1) is 0 Å². The summed E-state index contributed by atoms with van der Waals surface area (Å²) in [6, 6.07) is 7.88. The molecule has 1 aromatic carbocycles. The number of benzene rings is 1. The SMILES string of the molecule is Cc1cc(N[C@@H](CO)C(C)C)nc(-c2cccc([N+](=O)[O-])c2)n1. The summed E-state index contributed by atoms with van der Waals surface area (Å²) in [7, 11) is 0. The average molecular weight is 316 g/mol. The lowest BCUT2D eigenvalue weighted by Crippen LogP contribution is -2.30. The van der Waals surface area contributed by atoms with Gasteiger partial charge in [-0.1, -0.05) is 26.0 Å². The molecule has 0 aliphatic rings. The second-order valence-electron chi connectivity index (χ2n) is 5.70. The molecular weight excluding hydrogens is 296 g/mol. The molecule has 2 aromatic rings. The normalized spacial score (nSPS) is 12.2. The van der Waals surface area contributed by atoms with Crippen LogP contribution in [0.25, 0.3) is 11.4 Å². The molecule has 122 valence electrons. The van der Waals surface area contributed by atoms with Crippen LogP contribution in [0.2, 0.25) is 0 Å². The first-order chi connectivity index (χ1) is 10.9. The van der Waals surface area contributed by atoms with Crippen molar-refractivity contribution in [2.24, 2.45) is 5.92 Å². The Morgan fingerprint density at radius 2 is 2.04 bits per heavy atom. The van der Waals surface area contributed by atoms with Crippen molar-refractivity contribution in [2.75, 3.05) is 11.9 Å². The van der Waals surface area contributed by atoms with Crippen LogP contribution in [0.3, 0.4) is 0 Å². The smallest absolute Gasteiger partial charge is 0.270 e. The highest BCUT2D eigenvalue weighted by atomic mass is 16.6. The fourth-order valence-corrected chi connectivity index (χ4v) is 2.14. The fourth-order valence-electron chi connectivity index (χ4n) is 2.14. The first kappa shape index (κ1) is 16.8. The minimum atomic E-state index is -0.445. The van der Waals surface area contributed by atoms with Gasteiger partial charge in [0.05, 0.1) is 17.6 Å². The van der Waals surface area contributed by atoms with Gasteiger partial charge in [-0.3, -0.25) is 10.1 Å². The maximum atomic E-state index is 10.9. The molecule has 1 aromatic heterocycles. The summed E-state index contributed by atoms with van der Waals surface area (Å²) in [5.74, 6) is 1.24. The van der Waals surface area contributed by atoms with Crippen molar-refractivity contribution in [1.29, 1.82) is 0 Å². The lowest BCUT2D eigenvalue weighted by Gasteiger charge is -2.21. The summed E-state index contributed by atoms with van der Waals surface area (Å²) >= 11 is 0. The molecule has 1 heterocycles. The highest BCUT2D eigenvalue weighted by molar-refractivity contribution is 5.61. The van der Waals surface area contributed by atoms with Gasteiger partial charge in [-0.25, -0.2) is 9.97 Å². The Kier molecular flexibility index (Phi) is 5.23. The van der Waals surface area contributed by atoms with Crippen LogP contribution in [0.4, 0.5) is 11.5 Å². The largest absolute Gasteiger partial charge is 0.394 e. The number of nitrogens with one attached hydrogen (secondary N) is 1. The number of aliphatic hydroxyl groups is 1. The van der Waals surface area contributed by atoms with Crippen LogP contribution in [-0.2, 0) is 0 Å². The Morgan fingerprint density at radius 1 is 1.30 bits per heavy atom. The van der Waals surface area contributed by atoms with Gasteiger partial charge in [0.15, 0.2) is 5.82 Å². The van der Waals surface area contributed by atoms with Crippen LogP contribution in [0.1, 0.15) is 19.5 Å². The summed E-state index contributed by atoms with van der Waals surface area (Å²) in [4.78, 5) is 19.2. The van der Waals surface area contributed by atoms with Crippen LogP contribution < -0.4 is 5.32 Å². The monoisotopic (exact) mass is 316 g/mol. The number of hydrogen-bond donors (Lipinski definition) is 2. The van der Waals surface area contributed by atoms with E-state index in [1.807, 2.05) is 20.8 Å². The molecule has 7 heteroatoms. The van der Waals surface area contributed by atoms with Crippen molar-refractivity contribution in [3.8, 4) is 11.4 Å². The number of nitro benzene ring substituents is 1. The van der Waals surface area contributed by atoms with Crippen molar-refractivity contribution >= 4 is 11.5 Å². The molecular formula is C16H20N4O3. The molecule has 0 fully saturated rings. The predicted molar refractivity (Wildman–Crippen MR) is 88.2 cm³/mol. The van der Waals surface area contributed by atoms with Gasteiger partial charge in [0, 0.05) is 29.5 Å². The van der Waals surface area contributed by atoms with Gasteiger partial charge in [0.2, 0.25) is 0 Å². The minimum Gasteiger partial charge on any atom is -0.394 e. The quantitative estimate of drug-likeness (QED) is 0.627.